The maximum absolute atomic E-state index is 14.8. The van der Waals surface area contributed by atoms with E-state index in [-0.39, 0.29) is 12.0 Å². The zero-order valence-electron chi connectivity index (χ0n) is 22.7. The molecule has 2 unspecified atom stereocenters. The standard InChI is InChI=1S/C31H33F7O3/c1-2-3-20-7-12-23(39-18-20)11-6-19-4-8-21(9-5-19)22-10-14-25(26(32)16-22)31(37,38)41-24-13-15-28(27(33)17-24)40-30(36)29(34)35/h6,10-11,13-17,19-21,23H,2-5,7-9,12,18H2,1H3/b11-6+. The Bertz CT molecular complexity index is 1230. The predicted molar refractivity (Wildman–Crippen MR) is 140 cm³/mol. The van der Waals surface area contributed by atoms with Crippen molar-refractivity contribution >= 4 is 0 Å². The van der Waals surface area contributed by atoms with Crippen LogP contribution in [0.2, 0.25) is 0 Å². The summed E-state index contributed by atoms with van der Waals surface area (Å²) in [5, 5.41) is 0. The van der Waals surface area contributed by atoms with Gasteiger partial charge in [-0.2, -0.15) is 22.0 Å². The normalized spacial score (nSPS) is 23.4. The Morgan fingerprint density at radius 1 is 0.927 bits per heavy atom. The molecule has 2 aromatic carbocycles. The first-order chi connectivity index (χ1) is 19.6. The lowest BCUT2D eigenvalue weighted by atomic mass is 9.78. The molecular weight excluding hydrogens is 553 g/mol. The number of alkyl halides is 2. The van der Waals surface area contributed by atoms with Gasteiger partial charge in [0, 0.05) is 6.07 Å². The lowest BCUT2D eigenvalue weighted by Gasteiger charge is -2.29. The number of allylic oxidation sites excluding steroid dienone is 1. The summed E-state index contributed by atoms with van der Waals surface area (Å²) in [5.41, 5.74) is -0.425. The highest BCUT2D eigenvalue weighted by Crippen LogP contribution is 2.40. The molecule has 1 aliphatic carbocycles. The van der Waals surface area contributed by atoms with Crippen LogP contribution in [0.25, 0.3) is 0 Å². The van der Waals surface area contributed by atoms with Gasteiger partial charge in [0.25, 0.3) is 0 Å². The van der Waals surface area contributed by atoms with Crippen molar-refractivity contribution < 1.29 is 44.9 Å². The van der Waals surface area contributed by atoms with Gasteiger partial charge in [0.05, 0.1) is 18.3 Å². The van der Waals surface area contributed by atoms with Crippen LogP contribution in [0, 0.1) is 23.5 Å². The molecule has 1 heterocycles. The third-order valence-electron chi connectivity index (χ3n) is 7.75. The minimum Gasteiger partial charge on any atom is -0.429 e. The van der Waals surface area contributed by atoms with Crippen LogP contribution < -0.4 is 9.47 Å². The predicted octanol–water partition coefficient (Wildman–Crippen LogP) is 9.93. The molecule has 1 saturated heterocycles. The van der Waals surface area contributed by atoms with E-state index in [1.807, 2.05) is 0 Å². The quantitative estimate of drug-likeness (QED) is 0.158. The molecule has 2 aromatic rings. The number of ether oxygens (including phenoxy) is 3. The average molecular weight is 587 g/mol. The average Bonchev–Trinajstić information content (AvgIpc) is 2.94. The summed E-state index contributed by atoms with van der Waals surface area (Å²) in [7, 11) is 0. The van der Waals surface area contributed by atoms with E-state index in [1.54, 1.807) is 0 Å². The van der Waals surface area contributed by atoms with Crippen molar-refractivity contribution in [3.05, 3.63) is 83.4 Å². The summed E-state index contributed by atoms with van der Waals surface area (Å²) in [6.45, 7) is 2.99. The van der Waals surface area contributed by atoms with Gasteiger partial charge in [-0.25, -0.2) is 8.78 Å². The van der Waals surface area contributed by atoms with Crippen molar-refractivity contribution in [3.8, 4) is 11.5 Å². The Balaban J connectivity index is 1.32. The van der Waals surface area contributed by atoms with Gasteiger partial charge in [0.15, 0.2) is 11.6 Å². The van der Waals surface area contributed by atoms with Crippen LogP contribution >= 0.6 is 0 Å². The second-order valence-corrected chi connectivity index (χ2v) is 10.7. The zero-order chi connectivity index (χ0) is 29.6. The minimum atomic E-state index is -4.17. The second-order valence-electron chi connectivity index (χ2n) is 10.7. The fourth-order valence-electron chi connectivity index (χ4n) is 5.53. The SMILES string of the molecule is CCCC1CCC(/C=C/C2CCC(c3ccc(C(F)(F)Oc4ccc(OC(F)=C(F)F)c(F)c4)c(F)c3)CC2)OC1. The fourth-order valence-corrected chi connectivity index (χ4v) is 5.53. The Morgan fingerprint density at radius 2 is 1.68 bits per heavy atom. The Labute approximate surface area is 235 Å². The van der Waals surface area contributed by atoms with Gasteiger partial charge < -0.3 is 14.2 Å². The molecule has 2 fully saturated rings. The molecule has 10 heteroatoms. The van der Waals surface area contributed by atoms with Crippen LogP contribution in [0.3, 0.4) is 0 Å². The lowest BCUT2D eigenvalue weighted by Crippen LogP contribution is -2.24. The van der Waals surface area contributed by atoms with Gasteiger partial charge >= 0.3 is 18.2 Å². The lowest BCUT2D eigenvalue weighted by molar-refractivity contribution is -0.187. The molecule has 0 spiro atoms. The van der Waals surface area contributed by atoms with E-state index in [9.17, 15) is 30.7 Å². The number of halogens is 7. The Kier molecular flexibility index (Phi) is 10.4. The second kappa shape index (κ2) is 13.8. The summed E-state index contributed by atoms with van der Waals surface area (Å²) in [4.78, 5) is 0. The molecular formula is C31H33F7O3. The monoisotopic (exact) mass is 586 g/mol. The molecule has 2 aliphatic rings. The van der Waals surface area contributed by atoms with Crippen LogP contribution in [-0.2, 0) is 10.8 Å². The number of hydrogen-bond acceptors (Lipinski definition) is 3. The molecule has 0 radical (unpaired) electrons. The van der Waals surface area contributed by atoms with Crippen molar-refractivity contribution in [3.63, 3.8) is 0 Å². The first-order valence-electron chi connectivity index (χ1n) is 13.9. The molecule has 41 heavy (non-hydrogen) atoms. The molecule has 0 bridgehead atoms. The zero-order valence-corrected chi connectivity index (χ0v) is 22.7. The van der Waals surface area contributed by atoms with Crippen molar-refractivity contribution in [2.75, 3.05) is 6.61 Å². The maximum atomic E-state index is 14.8. The van der Waals surface area contributed by atoms with Crippen LogP contribution in [0.5, 0.6) is 11.5 Å². The van der Waals surface area contributed by atoms with Crippen molar-refractivity contribution in [2.24, 2.45) is 11.8 Å². The van der Waals surface area contributed by atoms with E-state index in [4.69, 9.17) is 4.74 Å². The molecule has 0 amide bonds. The van der Waals surface area contributed by atoms with E-state index in [2.05, 4.69) is 28.5 Å². The largest absolute Gasteiger partial charge is 0.429 e. The highest BCUT2D eigenvalue weighted by molar-refractivity contribution is 5.35. The smallest absolute Gasteiger partial charge is 0.429 e. The summed E-state index contributed by atoms with van der Waals surface area (Å²) in [6.07, 6.45) is 5.52. The highest BCUT2D eigenvalue weighted by Gasteiger charge is 2.38. The minimum absolute atomic E-state index is 0.0312. The van der Waals surface area contributed by atoms with Crippen LogP contribution in [0.1, 0.15) is 75.3 Å². The van der Waals surface area contributed by atoms with Crippen LogP contribution in [0.15, 0.2) is 60.6 Å². The third kappa shape index (κ3) is 8.27. The first-order valence-corrected chi connectivity index (χ1v) is 13.9. The summed E-state index contributed by atoms with van der Waals surface area (Å²) in [6, 6.07) is 2.93. The van der Waals surface area contributed by atoms with Gasteiger partial charge in [0.1, 0.15) is 11.6 Å². The van der Waals surface area contributed by atoms with Crippen molar-refractivity contribution in [1.82, 2.24) is 0 Å². The summed E-state index contributed by atoms with van der Waals surface area (Å²) >= 11 is 0. The molecule has 4 rings (SSSR count). The molecule has 0 aromatic heterocycles. The van der Waals surface area contributed by atoms with Crippen molar-refractivity contribution in [2.45, 2.75) is 76.4 Å². The van der Waals surface area contributed by atoms with Gasteiger partial charge in [-0.05, 0) is 92.5 Å². The molecule has 224 valence electrons. The first kappa shape index (κ1) is 30.9. The van der Waals surface area contributed by atoms with Crippen LogP contribution in [-0.4, -0.2) is 12.7 Å². The van der Waals surface area contributed by atoms with E-state index < -0.39 is 46.9 Å². The molecule has 3 nitrogen and oxygen atoms in total. The van der Waals surface area contributed by atoms with E-state index >= 15 is 0 Å². The third-order valence-corrected chi connectivity index (χ3v) is 7.75. The van der Waals surface area contributed by atoms with E-state index in [0.29, 0.717) is 29.5 Å². The van der Waals surface area contributed by atoms with Gasteiger partial charge in [-0.1, -0.05) is 31.6 Å². The molecule has 1 aliphatic heterocycles. The van der Waals surface area contributed by atoms with Gasteiger partial charge in [-0.3, -0.25) is 0 Å². The Morgan fingerprint density at radius 3 is 2.29 bits per heavy atom. The Hall–Kier alpha value is -3.01. The fraction of sp³-hybridized carbons (Fsp3) is 0.484. The number of benzene rings is 2. The van der Waals surface area contributed by atoms with Crippen molar-refractivity contribution in [1.29, 1.82) is 0 Å². The summed E-state index contributed by atoms with van der Waals surface area (Å²) < 4.78 is 110. The number of hydrogen-bond donors (Lipinski definition) is 0. The number of rotatable bonds is 10. The van der Waals surface area contributed by atoms with Gasteiger partial charge in [-0.15, -0.1) is 0 Å². The van der Waals surface area contributed by atoms with Crippen LogP contribution in [0.4, 0.5) is 30.7 Å². The van der Waals surface area contributed by atoms with E-state index in [0.717, 1.165) is 56.9 Å². The maximum Gasteiger partial charge on any atom is 0.429 e. The van der Waals surface area contributed by atoms with E-state index in [1.165, 1.54) is 25.3 Å². The highest BCUT2D eigenvalue weighted by atomic mass is 19.3. The molecule has 2 atom stereocenters. The van der Waals surface area contributed by atoms with Gasteiger partial charge in [0.2, 0.25) is 0 Å². The molecule has 1 saturated carbocycles. The topological polar surface area (TPSA) is 27.7 Å². The summed E-state index contributed by atoms with van der Waals surface area (Å²) in [5.74, 6) is -3.22. The molecule has 0 N–H and O–H groups in total.